The van der Waals surface area contributed by atoms with Gasteiger partial charge in [-0.2, -0.15) is 0 Å². The molecule has 3 nitrogen and oxygen atoms in total. The highest BCUT2D eigenvalue weighted by atomic mass is 16.2. The fourth-order valence-corrected chi connectivity index (χ4v) is 4.47. The first kappa shape index (κ1) is 14.4. The lowest BCUT2D eigenvalue weighted by atomic mass is 9.88. The van der Waals surface area contributed by atoms with Crippen molar-refractivity contribution in [2.24, 2.45) is 17.3 Å². The van der Waals surface area contributed by atoms with Crippen molar-refractivity contribution in [3.05, 3.63) is 0 Å². The van der Waals surface area contributed by atoms with Crippen molar-refractivity contribution in [1.29, 1.82) is 0 Å². The maximum absolute atomic E-state index is 13.0. The first-order chi connectivity index (χ1) is 9.68. The highest BCUT2D eigenvalue weighted by Crippen LogP contribution is 2.59. The zero-order chi connectivity index (χ0) is 14.2. The van der Waals surface area contributed by atoms with Gasteiger partial charge in [-0.15, -0.1) is 0 Å². The molecule has 2 saturated heterocycles. The third-order valence-electron chi connectivity index (χ3n) is 6.22. The maximum Gasteiger partial charge on any atom is 0.226 e. The third-order valence-corrected chi connectivity index (χ3v) is 6.22. The predicted molar refractivity (Wildman–Crippen MR) is 81.5 cm³/mol. The first-order valence-electron chi connectivity index (χ1n) is 8.69. The predicted octanol–water partition coefficient (Wildman–Crippen LogP) is 2.80. The quantitative estimate of drug-likeness (QED) is 0.861. The molecule has 0 aromatic rings. The van der Waals surface area contributed by atoms with E-state index in [2.05, 4.69) is 24.1 Å². The summed E-state index contributed by atoms with van der Waals surface area (Å²) in [7, 11) is 0. The summed E-state index contributed by atoms with van der Waals surface area (Å²) in [5.74, 6) is 1.51. The van der Waals surface area contributed by atoms with Crippen molar-refractivity contribution in [3.8, 4) is 0 Å². The van der Waals surface area contributed by atoms with Crippen LogP contribution in [0.15, 0.2) is 0 Å². The van der Waals surface area contributed by atoms with E-state index in [-0.39, 0.29) is 0 Å². The lowest BCUT2D eigenvalue weighted by Crippen LogP contribution is -2.48. The largest absolute Gasteiger partial charge is 0.339 e. The molecule has 3 rings (SSSR count). The lowest BCUT2D eigenvalue weighted by Gasteiger charge is -2.40. The van der Waals surface area contributed by atoms with E-state index >= 15 is 0 Å². The van der Waals surface area contributed by atoms with Gasteiger partial charge in [0.1, 0.15) is 0 Å². The molecule has 1 spiro atoms. The molecule has 0 aromatic heterocycles. The topological polar surface area (TPSA) is 32.3 Å². The van der Waals surface area contributed by atoms with Crippen LogP contribution in [0.2, 0.25) is 0 Å². The van der Waals surface area contributed by atoms with Crippen molar-refractivity contribution in [2.75, 3.05) is 19.6 Å². The van der Waals surface area contributed by atoms with Crippen LogP contribution < -0.4 is 5.32 Å². The molecule has 2 aliphatic heterocycles. The van der Waals surface area contributed by atoms with E-state index in [4.69, 9.17) is 0 Å². The van der Waals surface area contributed by atoms with Crippen LogP contribution in [-0.4, -0.2) is 36.5 Å². The zero-order valence-corrected chi connectivity index (χ0v) is 13.2. The van der Waals surface area contributed by atoms with Crippen molar-refractivity contribution in [1.82, 2.24) is 10.2 Å². The smallest absolute Gasteiger partial charge is 0.226 e. The molecule has 3 aliphatic rings. The molecule has 20 heavy (non-hydrogen) atoms. The molecule has 1 N–H and O–H groups in total. The monoisotopic (exact) mass is 278 g/mol. The molecule has 3 heteroatoms. The van der Waals surface area contributed by atoms with Crippen LogP contribution in [0, 0.1) is 17.3 Å². The average Bonchev–Trinajstić information content (AvgIpc) is 3.19. The first-order valence-corrected chi connectivity index (χ1v) is 8.69. The Balaban J connectivity index is 1.66. The summed E-state index contributed by atoms with van der Waals surface area (Å²) in [6.07, 6.45) is 8.52. The zero-order valence-electron chi connectivity index (χ0n) is 13.2. The standard InChI is InChI=1S/C17H30N2O/c1-3-13(2)15-6-4-5-11-19(15)16(20)14-12-17(14)7-9-18-10-8-17/h13-15,18H,3-12H2,1-2H3. The molecule has 1 saturated carbocycles. The minimum Gasteiger partial charge on any atom is -0.339 e. The number of hydrogen-bond acceptors (Lipinski definition) is 2. The van der Waals surface area contributed by atoms with E-state index in [0.29, 0.717) is 29.2 Å². The van der Waals surface area contributed by atoms with Crippen molar-refractivity contribution in [3.63, 3.8) is 0 Å². The average molecular weight is 278 g/mol. The molecule has 1 aliphatic carbocycles. The van der Waals surface area contributed by atoms with Crippen molar-refractivity contribution in [2.45, 2.75) is 64.8 Å². The number of amides is 1. The van der Waals surface area contributed by atoms with Gasteiger partial charge in [-0.3, -0.25) is 4.79 Å². The molecule has 3 fully saturated rings. The molecule has 3 unspecified atom stereocenters. The van der Waals surface area contributed by atoms with Gasteiger partial charge in [0, 0.05) is 18.5 Å². The molecule has 0 radical (unpaired) electrons. The fraction of sp³-hybridized carbons (Fsp3) is 0.941. The number of likely N-dealkylation sites (tertiary alicyclic amines) is 1. The number of nitrogens with zero attached hydrogens (tertiary/aromatic N) is 1. The van der Waals surface area contributed by atoms with Crippen LogP contribution in [0.4, 0.5) is 0 Å². The molecule has 0 aromatic carbocycles. The van der Waals surface area contributed by atoms with E-state index in [1.165, 1.54) is 38.5 Å². The summed E-state index contributed by atoms with van der Waals surface area (Å²) in [5, 5.41) is 3.43. The second-order valence-corrected chi connectivity index (χ2v) is 7.35. The fourth-order valence-electron chi connectivity index (χ4n) is 4.47. The Morgan fingerprint density at radius 2 is 2.10 bits per heavy atom. The van der Waals surface area contributed by atoms with Gasteiger partial charge in [-0.1, -0.05) is 20.3 Å². The second kappa shape index (κ2) is 5.67. The van der Waals surface area contributed by atoms with Crippen LogP contribution >= 0.6 is 0 Å². The van der Waals surface area contributed by atoms with E-state index in [1.54, 1.807) is 0 Å². The van der Waals surface area contributed by atoms with E-state index in [1.807, 2.05) is 0 Å². The van der Waals surface area contributed by atoms with Gasteiger partial charge >= 0.3 is 0 Å². The van der Waals surface area contributed by atoms with Crippen molar-refractivity contribution < 1.29 is 4.79 Å². The van der Waals surface area contributed by atoms with Gasteiger partial charge in [-0.05, 0) is 62.9 Å². The summed E-state index contributed by atoms with van der Waals surface area (Å²) < 4.78 is 0. The highest BCUT2D eigenvalue weighted by Gasteiger charge is 2.59. The van der Waals surface area contributed by atoms with E-state index < -0.39 is 0 Å². The van der Waals surface area contributed by atoms with Crippen LogP contribution in [0.3, 0.4) is 0 Å². The molecule has 1 amide bonds. The number of carbonyl (C=O) groups is 1. The molecular weight excluding hydrogens is 248 g/mol. The molecule has 114 valence electrons. The normalized spacial score (nSPS) is 34.0. The van der Waals surface area contributed by atoms with Gasteiger partial charge in [0.15, 0.2) is 0 Å². The Kier molecular flexibility index (Phi) is 4.07. The van der Waals surface area contributed by atoms with E-state index in [9.17, 15) is 4.79 Å². The Morgan fingerprint density at radius 3 is 2.80 bits per heavy atom. The number of piperidine rings is 2. The van der Waals surface area contributed by atoms with Gasteiger partial charge in [0.25, 0.3) is 0 Å². The van der Waals surface area contributed by atoms with Crippen LogP contribution in [0.5, 0.6) is 0 Å². The Morgan fingerprint density at radius 1 is 1.35 bits per heavy atom. The highest BCUT2D eigenvalue weighted by molar-refractivity contribution is 5.83. The number of nitrogens with one attached hydrogen (secondary N) is 1. The number of carbonyl (C=O) groups excluding carboxylic acids is 1. The summed E-state index contributed by atoms with van der Waals surface area (Å²) >= 11 is 0. The molecule has 2 heterocycles. The van der Waals surface area contributed by atoms with E-state index in [0.717, 1.165) is 26.1 Å². The van der Waals surface area contributed by atoms with Crippen LogP contribution in [0.1, 0.15) is 58.8 Å². The Labute approximate surface area is 123 Å². The van der Waals surface area contributed by atoms with Gasteiger partial charge in [-0.25, -0.2) is 0 Å². The Hall–Kier alpha value is -0.570. The van der Waals surface area contributed by atoms with Gasteiger partial charge in [0.05, 0.1) is 0 Å². The Bertz CT molecular complexity index is 362. The summed E-state index contributed by atoms with van der Waals surface area (Å²) in [6, 6.07) is 0.514. The second-order valence-electron chi connectivity index (χ2n) is 7.35. The van der Waals surface area contributed by atoms with Crippen molar-refractivity contribution >= 4 is 5.91 Å². The SMILES string of the molecule is CCC(C)C1CCCCN1C(=O)C1CC12CCNCC2. The third kappa shape index (κ3) is 2.49. The maximum atomic E-state index is 13.0. The summed E-state index contributed by atoms with van der Waals surface area (Å²) in [4.78, 5) is 15.2. The minimum atomic E-state index is 0.356. The lowest BCUT2D eigenvalue weighted by molar-refractivity contribution is -0.138. The molecule has 3 atom stereocenters. The molecule has 0 bridgehead atoms. The number of rotatable bonds is 3. The summed E-state index contributed by atoms with van der Waals surface area (Å²) in [6.45, 7) is 7.81. The van der Waals surface area contributed by atoms with Gasteiger partial charge < -0.3 is 10.2 Å². The van der Waals surface area contributed by atoms with Crippen LogP contribution in [-0.2, 0) is 4.79 Å². The molecular formula is C17H30N2O. The number of hydrogen-bond donors (Lipinski definition) is 1. The summed E-state index contributed by atoms with van der Waals surface area (Å²) in [5.41, 5.74) is 0.389. The van der Waals surface area contributed by atoms with Crippen LogP contribution in [0.25, 0.3) is 0 Å². The minimum absolute atomic E-state index is 0.356. The van der Waals surface area contributed by atoms with Gasteiger partial charge in [0.2, 0.25) is 5.91 Å².